The van der Waals surface area contributed by atoms with Crippen molar-refractivity contribution in [2.24, 2.45) is 0 Å². The maximum atomic E-state index is 4.43. The molecule has 4 rings (SSSR count). The van der Waals surface area contributed by atoms with E-state index in [2.05, 4.69) is 44.3 Å². The van der Waals surface area contributed by atoms with Crippen molar-refractivity contribution in [2.75, 3.05) is 20.1 Å². The van der Waals surface area contributed by atoms with E-state index in [1.807, 2.05) is 53.6 Å². The summed E-state index contributed by atoms with van der Waals surface area (Å²) in [5, 5.41) is 8.76. The number of para-hydroxylation sites is 1. The SMILES string of the molecule is CN1CCC(N(Cc2ccncc2)Cc2cn(-c3ccccc3)nn2)CC1. The first-order valence-corrected chi connectivity index (χ1v) is 9.56. The second-order valence-electron chi connectivity index (χ2n) is 7.28. The number of hydrogen-bond acceptors (Lipinski definition) is 5. The van der Waals surface area contributed by atoms with Gasteiger partial charge in [0.1, 0.15) is 0 Å². The Kier molecular flexibility index (Phi) is 5.55. The monoisotopic (exact) mass is 362 g/mol. The molecule has 0 spiro atoms. The van der Waals surface area contributed by atoms with Gasteiger partial charge in [-0.1, -0.05) is 23.4 Å². The molecule has 1 saturated heterocycles. The Labute approximate surface area is 160 Å². The highest BCUT2D eigenvalue weighted by molar-refractivity contribution is 5.29. The number of likely N-dealkylation sites (tertiary alicyclic amines) is 1. The van der Waals surface area contributed by atoms with Gasteiger partial charge in [0, 0.05) is 31.5 Å². The molecule has 1 aliphatic rings. The van der Waals surface area contributed by atoms with E-state index in [0.29, 0.717) is 6.04 Å². The molecule has 2 aromatic heterocycles. The summed E-state index contributed by atoms with van der Waals surface area (Å²) in [6.07, 6.45) is 8.16. The summed E-state index contributed by atoms with van der Waals surface area (Å²) in [6, 6.07) is 14.9. The van der Waals surface area contributed by atoms with E-state index in [-0.39, 0.29) is 0 Å². The Hall–Kier alpha value is -2.57. The van der Waals surface area contributed by atoms with Crippen LogP contribution in [0, 0.1) is 0 Å². The Morgan fingerprint density at radius 2 is 1.74 bits per heavy atom. The van der Waals surface area contributed by atoms with Crippen molar-refractivity contribution in [1.82, 2.24) is 29.8 Å². The van der Waals surface area contributed by atoms with Crippen LogP contribution in [0.2, 0.25) is 0 Å². The van der Waals surface area contributed by atoms with Crippen LogP contribution >= 0.6 is 0 Å². The molecule has 0 aliphatic carbocycles. The van der Waals surface area contributed by atoms with Crippen molar-refractivity contribution >= 4 is 0 Å². The second kappa shape index (κ2) is 8.41. The molecule has 0 bridgehead atoms. The first-order valence-electron chi connectivity index (χ1n) is 9.56. The molecule has 0 radical (unpaired) electrons. The fourth-order valence-corrected chi connectivity index (χ4v) is 3.68. The fraction of sp³-hybridized carbons (Fsp3) is 0.381. The topological polar surface area (TPSA) is 50.1 Å². The highest BCUT2D eigenvalue weighted by Crippen LogP contribution is 2.20. The summed E-state index contributed by atoms with van der Waals surface area (Å²) < 4.78 is 1.86. The molecule has 1 aromatic carbocycles. The maximum absolute atomic E-state index is 4.43. The van der Waals surface area contributed by atoms with Crippen LogP contribution < -0.4 is 0 Å². The zero-order valence-electron chi connectivity index (χ0n) is 15.8. The van der Waals surface area contributed by atoms with Gasteiger partial charge in [0.05, 0.1) is 17.6 Å². The highest BCUT2D eigenvalue weighted by Gasteiger charge is 2.24. The van der Waals surface area contributed by atoms with Gasteiger partial charge in [-0.3, -0.25) is 9.88 Å². The Bertz CT molecular complexity index is 824. The molecule has 6 heteroatoms. The van der Waals surface area contributed by atoms with Gasteiger partial charge in [-0.05, 0) is 62.8 Å². The molecule has 0 amide bonds. The van der Waals surface area contributed by atoms with E-state index >= 15 is 0 Å². The van der Waals surface area contributed by atoms with Crippen LogP contribution in [0.25, 0.3) is 5.69 Å². The number of rotatable bonds is 6. The molecule has 0 atom stereocenters. The summed E-state index contributed by atoms with van der Waals surface area (Å²) in [4.78, 5) is 9.10. The molecule has 1 aliphatic heterocycles. The van der Waals surface area contributed by atoms with Crippen molar-refractivity contribution < 1.29 is 0 Å². The van der Waals surface area contributed by atoms with Gasteiger partial charge < -0.3 is 4.90 Å². The molecule has 0 saturated carbocycles. The van der Waals surface area contributed by atoms with Gasteiger partial charge in [0.15, 0.2) is 0 Å². The lowest BCUT2D eigenvalue weighted by atomic mass is 10.0. The second-order valence-corrected chi connectivity index (χ2v) is 7.28. The lowest BCUT2D eigenvalue weighted by molar-refractivity contribution is 0.107. The molecule has 140 valence electrons. The predicted molar refractivity (Wildman–Crippen MR) is 105 cm³/mol. The van der Waals surface area contributed by atoms with Crippen molar-refractivity contribution in [3.8, 4) is 5.69 Å². The van der Waals surface area contributed by atoms with E-state index in [4.69, 9.17) is 0 Å². The fourth-order valence-electron chi connectivity index (χ4n) is 3.68. The van der Waals surface area contributed by atoms with Crippen molar-refractivity contribution in [1.29, 1.82) is 0 Å². The van der Waals surface area contributed by atoms with Crippen LogP contribution in [-0.4, -0.2) is 56.0 Å². The van der Waals surface area contributed by atoms with Crippen LogP contribution in [0.5, 0.6) is 0 Å². The van der Waals surface area contributed by atoms with Crippen molar-refractivity contribution in [2.45, 2.75) is 32.0 Å². The van der Waals surface area contributed by atoms with E-state index in [1.165, 1.54) is 18.4 Å². The number of nitrogens with zero attached hydrogens (tertiary/aromatic N) is 6. The van der Waals surface area contributed by atoms with Crippen molar-refractivity contribution in [3.63, 3.8) is 0 Å². The number of hydrogen-bond donors (Lipinski definition) is 0. The average molecular weight is 362 g/mol. The van der Waals surface area contributed by atoms with E-state index < -0.39 is 0 Å². The van der Waals surface area contributed by atoms with Crippen LogP contribution in [0.3, 0.4) is 0 Å². The molecule has 3 aromatic rings. The number of piperidine rings is 1. The minimum Gasteiger partial charge on any atom is -0.306 e. The molecule has 1 fully saturated rings. The average Bonchev–Trinajstić information content (AvgIpc) is 3.18. The van der Waals surface area contributed by atoms with Gasteiger partial charge in [0.25, 0.3) is 0 Å². The Balaban J connectivity index is 1.51. The maximum Gasteiger partial charge on any atom is 0.0972 e. The summed E-state index contributed by atoms with van der Waals surface area (Å²) in [5.41, 5.74) is 3.34. The minimum atomic E-state index is 0.566. The summed E-state index contributed by atoms with van der Waals surface area (Å²) in [7, 11) is 2.20. The van der Waals surface area contributed by atoms with E-state index in [0.717, 1.165) is 37.6 Å². The van der Waals surface area contributed by atoms with E-state index in [1.54, 1.807) is 0 Å². The van der Waals surface area contributed by atoms with Gasteiger partial charge in [-0.2, -0.15) is 0 Å². The first-order chi connectivity index (χ1) is 13.3. The van der Waals surface area contributed by atoms with E-state index in [9.17, 15) is 0 Å². The van der Waals surface area contributed by atoms with Crippen LogP contribution in [-0.2, 0) is 13.1 Å². The normalized spacial score (nSPS) is 16.1. The number of pyridine rings is 1. The van der Waals surface area contributed by atoms with Gasteiger partial charge >= 0.3 is 0 Å². The largest absolute Gasteiger partial charge is 0.306 e. The molecule has 0 unspecified atom stereocenters. The predicted octanol–water partition coefficient (Wildman–Crippen LogP) is 2.76. The smallest absolute Gasteiger partial charge is 0.0972 e. The summed E-state index contributed by atoms with van der Waals surface area (Å²) in [5.74, 6) is 0. The standard InChI is InChI=1S/C21H26N6/c1-25-13-9-20(10-14-25)26(15-18-7-11-22-12-8-18)16-19-17-27(24-23-19)21-5-3-2-4-6-21/h2-8,11-12,17,20H,9-10,13-16H2,1H3. The third-order valence-electron chi connectivity index (χ3n) is 5.27. The highest BCUT2D eigenvalue weighted by atomic mass is 15.4. The lowest BCUT2D eigenvalue weighted by Gasteiger charge is -2.37. The molecule has 6 nitrogen and oxygen atoms in total. The molecular formula is C21H26N6. The molecule has 0 N–H and O–H groups in total. The zero-order valence-corrected chi connectivity index (χ0v) is 15.8. The quantitative estimate of drug-likeness (QED) is 0.675. The lowest BCUT2D eigenvalue weighted by Crippen LogP contribution is -2.43. The Morgan fingerprint density at radius 1 is 1.00 bits per heavy atom. The van der Waals surface area contributed by atoms with Crippen LogP contribution in [0.1, 0.15) is 24.1 Å². The van der Waals surface area contributed by atoms with Gasteiger partial charge in [-0.15, -0.1) is 5.10 Å². The molecular weight excluding hydrogens is 336 g/mol. The van der Waals surface area contributed by atoms with Crippen LogP contribution in [0.4, 0.5) is 0 Å². The molecule has 3 heterocycles. The minimum absolute atomic E-state index is 0.566. The van der Waals surface area contributed by atoms with Gasteiger partial charge in [0.2, 0.25) is 0 Å². The number of aromatic nitrogens is 4. The Morgan fingerprint density at radius 3 is 2.48 bits per heavy atom. The first kappa shape index (κ1) is 17.8. The summed E-state index contributed by atoms with van der Waals surface area (Å²) >= 11 is 0. The number of benzene rings is 1. The van der Waals surface area contributed by atoms with Gasteiger partial charge in [-0.25, -0.2) is 4.68 Å². The van der Waals surface area contributed by atoms with Crippen molar-refractivity contribution in [3.05, 3.63) is 72.3 Å². The third kappa shape index (κ3) is 4.59. The summed E-state index contributed by atoms with van der Waals surface area (Å²) in [6.45, 7) is 4.01. The van der Waals surface area contributed by atoms with Crippen LogP contribution in [0.15, 0.2) is 61.1 Å². The molecule has 27 heavy (non-hydrogen) atoms. The third-order valence-corrected chi connectivity index (χ3v) is 5.27. The zero-order chi connectivity index (χ0) is 18.5.